The average molecular weight is 386 g/mol. The van der Waals surface area contributed by atoms with Gasteiger partial charge < -0.3 is 9.84 Å². The van der Waals surface area contributed by atoms with E-state index in [1.165, 1.54) is 0 Å². The zero-order valence-electron chi connectivity index (χ0n) is 14.9. The molecule has 0 fully saturated rings. The number of phenols is 1. The fraction of sp³-hybridized carbons (Fsp3) is 0.0417. The molecule has 0 atom stereocenters. The van der Waals surface area contributed by atoms with Crippen molar-refractivity contribution in [1.29, 1.82) is 0 Å². The topological polar surface area (TPSA) is 42.4 Å². The van der Waals surface area contributed by atoms with Crippen LogP contribution in [-0.4, -0.2) is 10.1 Å². The van der Waals surface area contributed by atoms with E-state index < -0.39 is 0 Å². The Hall–Kier alpha value is -3.30. The van der Waals surface area contributed by atoms with Gasteiger partial charge in [-0.15, -0.1) is 0 Å². The molecule has 1 aliphatic rings. The molecule has 0 amide bonds. The number of ether oxygens (including phenoxy) is 1. The van der Waals surface area contributed by atoms with Gasteiger partial charge in [0.25, 0.3) is 0 Å². The third kappa shape index (κ3) is 2.90. The van der Waals surface area contributed by atoms with Crippen molar-refractivity contribution in [2.75, 3.05) is 0 Å². The van der Waals surface area contributed by atoms with Gasteiger partial charge in [-0.2, -0.15) is 0 Å². The van der Waals surface area contributed by atoms with Crippen LogP contribution < -0.4 is 4.74 Å². The summed E-state index contributed by atoms with van der Waals surface area (Å²) < 4.78 is 5.99. The number of aromatic hydroxyl groups is 1. The van der Waals surface area contributed by atoms with E-state index in [4.69, 9.17) is 21.3 Å². The number of hydrogen-bond acceptors (Lipinski definition) is 3. The van der Waals surface area contributed by atoms with Gasteiger partial charge in [0.2, 0.25) is 0 Å². The molecule has 1 N–H and O–H groups in total. The molecule has 136 valence electrons. The third-order valence-electron chi connectivity index (χ3n) is 4.96. The molecule has 0 bridgehead atoms. The number of para-hydroxylation sites is 1. The lowest BCUT2D eigenvalue weighted by molar-refractivity contribution is 0.302. The first kappa shape index (κ1) is 16.8. The van der Waals surface area contributed by atoms with E-state index in [-0.39, 0.29) is 5.75 Å². The number of pyridine rings is 1. The van der Waals surface area contributed by atoms with Crippen molar-refractivity contribution in [2.24, 2.45) is 0 Å². The number of rotatable bonds is 2. The quantitative estimate of drug-likeness (QED) is 0.438. The first-order chi connectivity index (χ1) is 13.7. The molecule has 0 saturated carbocycles. The fourth-order valence-corrected chi connectivity index (χ4v) is 3.67. The zero-order chi connectivity index (χ0) is 19.1. The van der Waals surface area contributed by atoms with Gasteiger partial charge in [0.1, 0.15) is 18.1 Å². The molecule has 0 saturated heterocycles. The Bertz CT molecular complexity index is 1170. The number of fused-ring (bicyclic) bond motifs is 3. The number of halogens is 1. The maximum absolute atomic E-state index is 9.68. The molecular formula is C24H16ClNO2. The van der Waals surface area contributed by atoms with Crippen LogP contribution in [0.1, 0.15) is 5.56 Å². The molecule has 3 nitrogen and oxygen atoms in total. The number of phenolic OH excluding ortho intramolecular Hbond substituents is 1. The molecular weight excluding hydrogens is 370 g/mol. The van der Waals surface area contributed by atoms with Gasteiger partial charge in [-0.05, 0) is 53.6 Å². The molecule has 0 unspecified atom stereocenters. The van der Waals surface area contributed by atoms with Gasteiger partial charge in [0.15, 0.2) is 0 Å². The number of nitrogens with zero attached hydrogens (tertiary/aromatic N) is 1. The van der Waals surface area contributed by atoms with Crippen LogP contribution in [0.5, 0.6) is 11.5 Å². The summed E-state index contributed by atoms with van der Waals surface area (Å²) >= 11 is 6.06. The van der Waals surface area contributed by atoms with Crippen LogP contribution in [0, 0.1) is 0 Å². The molecule has 3 aromatic carbocycles. The highest BCUT2D eigenvalue weighted by Crippen LogP contribution is 2.42. The molecule has 0 aliphatic carbocycles. The van der Waals surface area contributed by atoms with Crippen molar-refractivity contribution in [3.63, 3.8) is 0 Å². The van der Waals surface area contributed by atoms with E-state index in [9.17, 15) is 5.11 Å². The van der Waals surface area contributed by atoms with Crippen molar-refractivity contribution in [2.45, 2.75) is 6.61 Å². The summed E-state index contributed by atoms with van der Waals surface area (Å²) in [4.78, 5) is 4.99. The second-order valence-corrected chi connectivity index (χ2v) is 7.16. The SMILES string of the molecule is Oc1ccc(-c2cc(-c3ccc(Cl)cc3)nc3c2COc2ccccc2-3)cc1. The van der Waals surface area contributed by atoms with Crippen LogP contribution in [0.3, 0.4) is 0 Å². The highest BCUT2D eigenvalue weighted by molar-refractivity contribution is 6.30. The standard InChI is InChI=1S/C24H16ClNO2/c25-17-9-5-16(6-10-17)22-13-20(15-7-11-18(27)12-8-15)21-14-28-23-4-2-1-3-19(23)24(21)26-22/h1-13,27H,14H2. The maximum Gasteiger partial charge on any atom is 0.129 e. The summed E-state index contributed by atoms with van der Waals surface area (Å²) in [6.45, 7) is 0.455. The Balaban J connectivity index is 1.78. The highest BCUT2D eigenvalue weighted by atomic mass is 35.5. The van der Waals surface area contributed by atoms with Crippen LogP contribution >= 0.6 is 11.6 Å². The molecule has 1 aromatic heterocycles. The first-order valence-corrected chi connectivity index (χ1v) is 9.38. The number of benzene rings is 3. The van der Waals surface area contributed by atoms with Gasteiger partial charge in [-0.25, -0.2) is 4.98 Å². The van der Waals surface area contributed by atoms with Gasteiger partial charge in [-0.3, -0.25) is 0 Å². The van der Waals surface area contributed by atoms with Gasteiger partial charge in [0.05, 0.1) is 11.4 Å². The van der Waals surface area contributed by atoms with E-state index >= 15 is 0 Å². The minimum Gasteiger partial charge on any atom is -0.508 e. The molecule has 28 heavy (non-hydrogen) atoms. The summed E-state index contributed by atoms with van der Waals surface area (Å²) in [5.41, 5.74) is 6.88. The normalized spacial score (nSPS) is 12.0. The fourth-order valence-electron chi connectivity index (χ4n) is 3.55. The Kier molecular flexibility index (Phi) is 4.03. The van der Waals surface area contributed by atoms with Crippen LogP contribution in [-0.2, 0) is 6.61 Å². The third-order valence-corrected chi connectivity index (χ3v) is 5.21. The molecule has 0 spiro atoms. The zero-order valence-corrected chi connectivity index (χ0v) is 15.6. The first-order valence-electron chi connectivity index (χ1n) is 9.00. The molecule has 1 aliphatic heterocycles. The smallest absolute Gasteiger partial charge is 0.129 e. The summed E-state index contributed by atoms with van der Waals surface area (Å²) in [6.07, 6.45) is 0. The van der Waals surface area contributed by atoms with Crippen LogP contribution in [0.4, 0.5) is 0 Å². The monoisotopic (exact) mass is 385 g/mol. The van der Waals surface area contributed by atoms with Crippen molar-refractivity contribution in [1.82, 2.24) is 4.98 Å². The van der Waals surface area contributed by atoms with Crippen molar-refractivity contribution < 1.29 is 9.84 Å². The maximum atomic E-state index is 9.68. The van der Waals surface area contributed by atoms with Crippen molar-refractivity contribution >= 4 is 11.6 Å². The van der Waals surface area contributed by atoms with Crippen molar-refractivity contribution in [3.8, 4) is 45.1 Å². The second kappa shape index (κ2) is 6.70. The molecule has 4 heteroatoms. The lowest BCUT2D eigenvalue weighted by Gasteiger charge is -2.23. The molecule has 0 radical (unpaired) electrons. The predicted molar refractivity (Wildman–Crippen MR) is 112 cm³/mol. The number of hydrogen-bond donors (Lipinski definition) is 1. The second-order valence-electron chi connectivity index (χ2n) is 6.72. The van der Waals surface area contributed by atoms with E-state index in [2.05, 4.69) is 6.07 Å². The largest absolute Gasteiger partial charge is 0.508 e. The Labute approximate surface area is 167 Å². The highest BCUT2D eigenvalue weighted by Gasteiger charge is 2.23. The van der Waals surface area contributed by atoms with E-state index in [1.54, 1.807) is 12.1 Å². The van der Waals surface area contributed by atoms with Crippen LogP contribution in [0.15, 0.2) is 78.9 Å². The predicted octanol–water partition coefficient (Wildman–Crippen LogP) is 6.33. The molecule has 2 heterocycles. The van der Waals surface area contributed by atoms with Gasteiger partial charge >= 0.3 is 0 Å². The molecule has 4 aromatic rings. The minimum absolute atomic E-state index is 0.242. The lowest BCUT2D eigenvalue weighted by Crippen LogP contribution is -2.09. The van der Waals surface area contributed by atoms with E-state index in [0.717, 1.165) is 45.0 Å². The molecule has 5 rings (SSSR count). The van der Waals surface area contributed by atoms with Crippen molar-refractivity contribution in [3.05, 3.63) is 89.4 Å². The lowest BCUT2D eigenvalue weighted by atomic mass is 9.92. The van der Waals surface area contributed by atoms with Gasteiger partial charge in [0, 0.05) is 21.7 Å². The average Bonchev–Trinajstić information content (AvgIpc) is 2.74. The number of aromatic nitrogens is 1. The minimum atomic E-state index is 0.242. The Morgan fingerprint density at radius 3 is 2.32 bits per heavy atom. The summed E-state index contributed by atoms with van der Waals surface area (Å²) in [7, 11) is 0. The summed E-state index contributed by atoms with van der Waals surface area (Å²) in [6, 6.07) is 24.9. The Morgan fingerprint density at radius 1 is 0.821 bits per heavy atom. The Morgan fingerprint density at radius 2 is 1.54 bits per heavy atom. The van der Waals surface area contributed by atoms with Crippen LogP contribution in [0.2, 0.25) is 5.02 Å². The van der Waals surface area contributed by atoms with Gasteiger partial charge in [-0.1, -0.05) is 48.0 Å². The summed E-state index contributed by atoms with van der Waals surface area (Å²) in [5.74, 6) is 1.08. The summed E-state index contributed by atoms with van der Waals surface area (Å²) in [5, 5.41) is 10.4. The van der Waals surface area contributed by atoms with E-state index in [1.807, 2.05) is 60.7 Å². The van der Waals surface area contributed by atoms with E-state index in [0.29, 0.717) is 11.6 Å². The van der Waals surface area contributed by atoms with Crippen LogP contribution in [0.25, 0.3) is 33.6 Å².